The SMILES string of the molecule is CCOC(=O)c1ccccc1NC(=O)c1c(Cl)ccc(Cl)c1Cl. The summed E-state index contributed by atoms with van der Waals surface area (Å²) >= 11 is 18.0. The predicted octanol–water partition coefficient (Wildman–Crippen LogP) is 5.08. The van der Waals surface area contributed by atoms with Gasteiger partial charge in [0.2, 0.25) is 0 Å². The molecule has 4 nitrogen and oxygen atoms in total. The Kier molecular flexibility index (Phi) is 5.88. The molecule has 0 radical (unpaired) electrons. The number of ether oxygens (including phenoxy) is 1. The van der Waals surface area contributed by atoms with Crippen LogP contribution in [0.2, 0.25) is 15.1 Å². The van der Waals surface area contributed by atoms with E-state index in [9.17, 15) is 9.59 Å². The Morgan fingerprint density at radius 3 is 2.39 bits per heavy atom. The van der Waals surface area contributed by atoms with E-state index < -0.39 is 11.9 Å². The third kappa shape index (κ3) is 3.96. The van der Waals surface area contributed by atoms with Gasteiger partial charge in [-0.05, 0) is 31.2 Å². The third-order valence-electron chi connectivity index (χ3n) is 2.94. The first-order valence-electron chi connectivity index (χ1n) is 6.66. The average Bonchev–Trinajstić information content (AvgIpc) is 2.52. The van der Waals surface area contributed by atoms with E-state index in [4.69, 9.17) is 39.5 Å². The van der Waals surface area contributed by atoms with E-state index in [1.807, 2.05) is 0 Å². The summed E-state index contributed by atoms with van der Waals surface area (Å²) in [7, 11) is 0. The van der Waals surface area contributed by atoms with Gasteiger partial charge >= 0.3 is 5.97 Å². The predicted molar refractivity (Wildman–Crippen MR) is 91.8 cm³/mol. The first kappa shape index (κ1) is 17.6. The maximum atomic E-state index is 12.4. The normalized spacial score (nSPS) is 10.3. The minimum absolute atomic E-state index is 0.0412. The summed E-state index contributed by atoms with van der Waals surface area (Å²) in [5.74, 6) is -1.11. The maximum Gasteiger partial charge on any atom is 0.340 e. The van der Waals surface area contributed by atoms with Crippen LogP contribution in [0.5, 0.6) is 0 Å². The van der Waals surface area contributed by atoms with Gasteiger partial charge in [-0.2, -0.15) is 0 Å². The molecule has 2 aromatic carbocycles. The third-order valence-corrected chi connectivity index (χ3v) is 4.06. The number of carbonyl (C=O) groups excluding carboxylic acids is 2. The van der Waals surface area contributed by atoms with Crippen LogP contribution < -0.4 is 5.32 Å². The zero-order valence-corrected chi connectivity index (χ0v) is 14.3. The Bertz CT molecular complexity index is 762. The van der Waals surface area contributed by atoms with Gasteiger partial charge in [-0.3, -0.25) is 4.79 Å². The van der Waals surface area contributed by atoms with Crippen LogP contribution >= 0.6 is 34.8 Å². The lowest BCUT2D eigenvalue weighted by molar-refractivity contribution is 0.0527. The van der Waals surface area contributed by atoms with Crippen LogP contribution in [0.4, 0.5) is 5.69 Å². The molecule has 0 atom stereocenters. The number of rotatable bonds is 4. The molecule has 0 aliphatic carbocycles. The van der Waals surface area contributed by atoms with E-state index in [1.54, 1.807) is 31.2 Å². The second-order valence-corrected chi connectivity index (χ2v) is 5.63. The fraction of sp³-hybridized carbons (Fsp3) is 0.125. The average molecular weight is 373 g/mol. The number of hydrogen-bond donors (Lipinski definition) is 1. The van der Waals surface area contributed by atoms with Crippen LogP contribution in [0, 0.1) is 0 Å². The highest BCUT2D eigenvalue weighted by molar-refractivity contribution is 6.46. The minimum Gasteiger partial charge on any atom is -0.462 e. The van der Waals surface area contributed by atoms with Crippen LogP contribution in [0.3, 0.4) is 0 Å². The van der Waals surface area contributed by atoms with Crippen molar-refractivity contribution < 1.29 is 14.3 Å². The van der Waals surface area contributed by atoms with E-state index in [-0.39, 0.29) is 32.8 Å². The van der Waals surface area contributed by atoms with Crippen molar-refractivity contribution in [3.05, 3.63) is 62.6 Å². The number of para-hydroxylation sites is 1. The number of anilines is 1. The van der Waals surface area contributed by atoms with Crippen molar-refractivity contribution in [1.82, 2.24) is 0 Å². The molecular formula is C16H12Cl3NO3. The number of amides is 1. The summed E-state index contributed by atoms with van der Waals surface area (Å²) in [6.45, 7) is 1.93. The topological polar surface area (TPSA) is 55.4 Å². The molecule has 0 spiro atoms. The summed E-state index contributed by atoms with van der Waals surface area (Å²) < 4.78 is 4.96. The molecule has 2 rings (SSSR count). The number of carbonyl (C=O) groups is 2. The largest absolute Gasteiger partial charge is 0.462 e. The monoisotopic (exact) mass is 371 g/mol. The summed E-state index contributed by atoms with van der Waals surface area (Å²) in [6, 6.07) is 9.45. The van der Waals surface area contributed by atoms with Crippen molar-refractivity contribution in [3.8, 4) is 0 Å². The van der Waals surface area contributed by atoms with Crippen molar-refractivity contribution in [1.29, 1.82) is 0 Å². The van der Waals surface area contributed by atoms with Crippen LogP contribution in [0.15, 0.2) is 36.4 Å². The zero-order chi connectivity index (χ0) is 17.0. The van der Waals surface area contributed by atoms with Gasteiger partial charge in [0.15, 0.2) is 0 Å². The van der Waals surface area contributed by atoms with Crippen molar-refractivity contribution in [3.63, 3.8) is 0 Å². The quantitative estimate of drug-likeness (QED) is 0.602. The fourth-order valence-corrected chi connectivity index (χ4v) is 2.60. The second kappa shape index (κ2) is 7.68. The van der Waals surface area contributed by atoms with E-state index >= 15 is 0 Å². The van der Waals surface area contributed by atoms with Gasteiger partial charge in [0, 0.05) is 0 Å². The van der Waals surface area contributed by atoms with Crippen LogP contribution in [-0.4, -0.2) is 18.5 Å². The van der Waals surface area contributed by atoms with Crippen molar-refractivity contribution >= 4 is 52.4 Å². The van der Waals surface area contributed by atoms with Gasteiger partial charge in [0.1, 0.15) is 0 Å². The second-order valence-electron chi connectivity index (χ2n) is 4.44. The van der Waals surface area contributed by atoms with Crippen LogP contribution in [0.25, 0.3) is 0 Å². The lowest BCUT2D eigenvalue weighted by Gasteiger charge is -2.12. The molecule has 0 saturated heterocycles. The van der Waals surface area contributed by atoms with Crippen LogP contribution in [-0.2, 0) is 4.74 Å². The van der Waals surface area contributed by atoms with Gasteiger partial charge in [-0.15, -0.1) is 0 Å². The Morgan fingerprint density at radius 1 is 1.04 bits per heavy atom. The number of benzene rings is 2. The van der Waals surface area contributed by atoms with Crippen molar-refractivity contribution in [2.45, 2.75) is 6.92 Å². The minimum atomic E-state index is -0.570. The Balaban J connectivity index is 2.36. The summed E-state index contributed by atoms with van der Waals surface area (Å²) in [5.41, 5.74) is 0.569. The molecule has 0 heterocycles. The highest BCUT2D eigenvalue weighted by atomic mass is 35.5. The van der Waals surface area contributed by atoms with Gasteiger partial charge in [0.25, 0.3) is 5.91 Å². The molecule has 2 aromatic rings. The first-order valence-corrected chi connectivity index (χ1v) is 7.80. The standard InChI is InChI=1S/C16H12Cl3NO3/c1-2-23-16(22)9-5-3-4-6-12(9)20-15(21)13-10(17)7-8-11(18)14(13)19/h3-8H,2H2,1H3,(H,20,21). The lowest BCUT2D eigenvalue weighted by Crippen LogP contribution is -2.16. The molecule has 120 valence electrons. The zero-order valence-electron chi connectivity index (χ0n) is 12.0. The number of esters is 1. The van der Waals surface area contributed by atoms with E-state index in [1.165, 1.54) is 12.1 Å². The van der Waals surface area contributed by atoms with E-state index in [0.717, 1.165) is 0 Å². The fourth-order valence-electron chi connectivity index (χ4n) is 1.90. The van der Waals surface area contributed by atoms with E-state index in [2.05, 4.69) is 5.32 Å². The van der Waals surface area contributed by atoms with Crippen molar-refractivity contribution in [2.75, 3.05) is 11.9 Å². The Hall–Kier alpha value is -1.75. The molecule has 0 bridgehead atoms. The maximum absolute atomic E-state index is 12.4. The summed E-state index contributed by atoms with van der Waals surface area (Å²) in [5, 5.41) is 3.02. The number of nitrogens with one attached hydrogen (secondary N) is 1. The Labute approximate surface area is 148 Å². The molecule has 0 aromatic heterocycles. The molecule has 0 unspecified atom stereocenters. The van der Waals surface area contributed by atoms with Gasteiger partial charge in [0.05, 0.1) is 38.5 Å². The first-order chi connectivity index (χ1) is 11.0. The molecule has 0 fully saturated rings. The van der Waals surface area contributed by atoms with Gasteiger partial charge in [-0.25, -0.2) is 4.79 Å². The summed E-state index contributed by atoms with van der Waals surface area (Å²) in [4.78, 5) is 24.4. The lowest BCUT2D eigenvalue weighted by atomic mass is 10.1. The molecule has 0 aliphatic heterocycles. The van der Waals surface area contributed by atoms with Crippen molar-refractivity contribution in [2.24, 2.45) is 0 Å². The van der Waals surface area contributed by atoms with Gasteiger partial charge in [-0.1, -0.05) is 46.9 Å². The highest BCUT2D eigenvalue weighted by Crippen LogP contribution is 2.32. The number of hydrogen-bond acceptors (Lipinski definition) is 3. The summed E-state index contributed by atoms with van der Waals surface area (Å²) in [6.07, 6.45) is 0. The molecule has 7 heteroatoms. The Morgan fingerprint density at radius 2 is 1.70 bits per heavy atom. The number of halogens is 3. The molecule has 0 aliphatic rings. The van der Waals surface area contributed by atoms with E-state index in [0.29, 0.717) is 5.69 Å². The highest BCUT2D eigenvalue weighted by Gasteiger charge is 2.20. The molecule has 0 saturated carbocycles. The smallest absolute Gasteiger partial charge is 0.340 e. The molecule has 1 amide bonds. The molecule has 23 heavy (non-hydrogen) atoms. The van der Waals surface area contributed by atoms with Crippen LogP contribution in [0.1, 0.15) is 27.6 Å². The molecule has 1 N–H and O–H groups in total. The van der Waals surface area contributed by atoms with Gasteiger partial charge < -0.3 is 10.1 Å². The molecular weight excluding hydrogens is 361 g/mol.